The zero-order valence-corrected chi connectivity index (χ0v) is 14.0. The smallest absolute Gasteiger partial charge is 0.119 e. The lowest BCUT2D eigenvalue weighted by atomic mass is 9.95. The average Bonchev–Trinajstić information content (AvgIpc) is 2.46. The molecule has 0 aliphatic rings. The summed E-state index contributed by atoms with van der Waals surface area (Å²) >= 11 is 0. The number of ether oxygens (including phenoxy) is 1. The van der Waals surface area contributed by atoms with Gasteiger partial charge in [-0.2, -0.15) is 0 Å². The summed E-state index contributed by atoms with van der Waals surface area (Å²) in [5.74, 6) is 0.876. The first kappa shape index (κ1) is 17.8. The molecule has 0 fully saturated rings. The lowest BCUT2D eigenvalue weighted by Crippen LogP contribution is -2.49. The summed E-state index contributed by atoms with van der Waals surface area (Å²) in [6, 6.07) is 8.46. The van der Waals surface area contributed by atoms with Gasteiger partial charge in [-0.05, 0) is 44.0 Å². The molecule has 0 spiro atoms. The molecule has 0 aliphatic carbocycles. The van der Waals surface area contributed by atoms with Gasteiger partial charge in [-0.3, -0.25) is 0 Å². The number of methoxy groups -OCH3 is 1. The molecule has 0 aromatic heterocycles. The fraction of sp³-hybridized carbons (Fsp3) is 0.647. The molecule has 1 rings (SSSR count). The van der Waals surface area contributed by atoms with E-state index in [1.165, 1.54) is 5.69 Å². The minimum Gasteiger partial charge on any atom is -0.497 e. The van der Waals surface area contributed by atoms with Gasteiger partial charge in [0.2, 0.25) is 0 Å². The number of rotatable bonds is 9. The van der Waals surface area contributed by atoms with Crippen LogP contribution in [0, 0.1) is 0 Å². The van der Waals surface area contributed by atoms with Crippen LogP contribution in [0.3, 0.4) is 0 Å². The summed E-state index contributed by atoms with van der Waals surface area (Å²) in [7, 11) is 3.77. The van der Waals surface area contributed by atoms with Crippen molar-refractivity contribution in [2.45, 2.75) is 45.2 Å². The number of nitrogens with zero attached hydrogens (tertiary/aromatic N) is 1. The Morgan fingerprint density at radius 2 is 1.90 bits per heavy atom. The SMILES string of the molecule is COc1ccc(N(C)CCCC(C)(CO)NC(C)C)cc1. The van der Waals surface area contributed by atoms with Crippen molar-refractivity contribution in [2.75, 3.05) is 32.2 Å². The van der Waals surface area contributed by atoms with Crippen LogP contribution in [0.4, 0.5) is 5.69 Å². The Balaban J connectivity index is 2.46. The van der Waals surface area contributed by atoms with E-state index >= 15 is 0 Å². The molecule has 4 nitrogen and oxygen atoms in total. The first-order valence-electron chi connectivity index (χ1n) is 7.64. The minimum absolute atomic E-state index is 0.164. The second-order valence-corrected chi connectivity index (χ2v) is 6.24. The molecule has 4 heteroatoms. The van der Waals surface area contributed by atoms with E-state index in [4.69, 9.17) is 4.74 Å². The molecule has 0 aliphatic heterocycles. The normalized spacial score (nSPS) is 14.0. The van der Waals surface area contributed by atoms with E-state index < -0.39 is 0 Å². The minimum atomic E-state index is -0.199. The zero-order valence-electron chi connectivity index (χ0n) is 14.0. The zero-order chi connectivity index (χ0) is 15.9. The third-order valence-electron chi connectivity index (χ3n) is 3.72. The van der Waals surface area contributed by atoms with Crippen LogP contribution in [0.25, 0.3) is 0 Å². The number of aliphatic hydroxyl groups is 1. The van der Waals surface area contributed by atoms with Gasteiger partial charge >= 0.3 is 0 Å². The van der Waals surface area contributed by atoms with Crippen molar-refractivity contribution in [3.05, 3.63) is 24.3 Å². The van der Waals surface area contributed by atoms with Gasteiger partial charge in [-0.25, -0.2) is 0 Å². The van der Waals surface area contributed by atoms with Crippen molar-refractivity contribution in [1.82, 2.24) is 5.32 Å². The van der Waals surface area contributed by atoms with Crippen LogP contribution < -0.4 is 15.0 Å². The molecule has 120 valence electrons. The third-order valence-corrected chi connectivity index (χ3v) is 3.72. The highest BCUT2D eigenvalue weighted by molar-refractivity contribution is 5.48. The highest BCUT2D eigenvalue weighted by Crippen LogP contribution is 2.19. The Morgan fingerprint density at radius 1 is 1.29 bits per heavy atom. The van der Waals surface area contributed by atoms with Crippen LogP contribution in [0.5, 0.6) is 5.75 Å². The Hall–Kier alpha value is -1.26. The summed E-state index contributed by atoms with van der Waals surface area (Å²) in [5, 5.41) is 13.0. The van der Waals surface area contributed by atoms with Gasteiger partial charge in [0, 0.05) is 30.9 Å². The van der Waals surface area contributed by atoms with Gasteiger partial charge in [0.25, 0.3) is 0 Å². The van der Waals surface area contributed by atoms with Crippen LogP contribution in [0.2, 0.25) is 0 Å². The van der Waals surface area contributed by atoms with Gasteiger partial charge in [0.05, 0.1) is 13.7 Å². The molecule has 21 heavy (non-hydrogen) atoms. The highest BCUT2D eigenvalue weighted by Gasteiger charge is 2.23. The third kappa shape index (κ3) is 5.94. The van der Waals surface area contributed by atoms with Crippen LogP contribution >= 0.6 is 0 Å². The summed E-state index contributed by atoms with van der Waals surface area (Å²) in [6.07, 6.45) is 1.97. The van der Waals surface area contributed by atoms with Gasteiger partial charge in [0.1, 0.15) is 5.75 Å². The fourth-order valence-electron chi connectivity index (χ4n) is 2.57. The van der Waals surface area contributed by atoms with Crippen molar-refractivity contribution in [3.63, 3.8) is 0 Å². The van der Waals surface area contributed by atoms with Crippen molar-refractivity contribution in [2.24, 2.45) is 0 Å². The van der Waals surface area contributed by atoms with Crippen LogP contribution in [0.1, 0.15) is 33.6 Å². The summed E-state index contributed by atoms with van der Waals surface area (Å²) in [4.78, 5) is 2.23. The number of benzene rings is 1. The number of hydrogen-bond acceptors (Lipinski definition) is 4. The number of anilines is 1. The predicted molar refractivity (Wildman–Crippen MR) is 89.3 cm³/mol. The number of hydrogen-bond donors (Lipinski definition) is 2. The Morgan fingerprint density at radius 3 is 2.38 bits per heavy atom. The monoisotopic (exact) mass is 294 g/mol. The summed E-state index contributed by atoms with van der Waals surface area (Å²) < 4.78 is 5.17. The van der Waals surface area contributed by atoms with E-state index in [9.17, 15) is 5.11 Å². The molecule has 1 aromatic carbocycles. The van der Waals surface area contributed by atoms with Crippen molar-refractivity contribution < 1.29 is 9.84 Å². The Labute approximate surface area is 129 Å². The first-order chi connectivity index (χ1) is 9.90. The van der Waals surface area contributed by atoms with Crippen molar-refractivity contribution in [1.29, 1.82) is 0 Å². The van der Waals surface area contributed by atoms with Gasteiger partial charge < -0.3 is 20.1 Å². The van der Waals surface area contributed by atoms with E-state index in [1.807, 2.05) is 12.1 Å². The molecule has 0 saturated carbocycles. The van der Waals surface area contributed by atoms with E-state index in [0.717, 1.165) is 25.1 Å². The molecule has 1 atom stereocenters. The summed E-state index contributed by atoms with van der Waals surface area (Å²) in [5.41, 5.74) is 0.980. The van der Waals surface area contributed by atoms with E-state index in [2.05, 4.69) is 50.2 Å². The molecular formula is C17H30N2O2. The molecule has 0 heterocycles. The number of aliphatic hydroxyl groups excluding tert-OH is 1. The largest absolute Gasteiger partial charge is 0.497 e. The highest BCUT2D eigenvalue weighted by atomic mass is 16.5. The lowest BCUT2D eigenvalue weighted by molar-refractivity contribution is 0.155. The molecular weight excluding hydrogens is 264 g/mol. The second kappa shape index (κ2) is 8.25. The molecule has 1 aromatic rings. The predicted octanol–water partition coefficient (Wildman–Crippen LogP) is 2.66. The average molecular weight is 294 g/mol. The molecule has 0 saturated heterocycles. The summed E-state index contributed by atoms with van der Waals surface area (Å²) in [6.45, 7) is 7.42. The maximum Gasteiger partial charge on any atom is 0.119 e. The fourth-order valence-corrected chi connectivity index (χ4v) is 2.57. The molecule has 0 radical (unpaired) electrons. The standard InChI is InChI=1S/C17H30N2O2/c1-14(2)18-17(3,13-20)11-6-12-19(4)15-7-9-16(21-5)10-8-15/h7-10,14,18,20H,6,11-13H2,1-5H3. The van der Waals surface area contributed by atoms with Gasteiger partial charge in [-0.15, -0.1) is 0 Å². The Kier molecular flexibility index (Phi) is 6.99. The van der Waals surface area contributed by atoms with Gasteiger partial charge in [-0.1, -0.05) is 13.8 Å². The van der Waals surface area contributed by atoms with Crippen LogP contribution in [-0.2, 0) is 0 Å². The second-order valence-electron chi connectivity index (χ2n) is 6.24. The van der Waals surface area contributed by atoms with Gasteiger partial charge in [0.15, 0.2) is 0 Å². The molecule has 0 bridgehead atoms. The topological polar surface area (TPSA) is 44.7 Å². The van der Waals surface area contributed by atoms with Crippen LogP contribution in [-0.4, -0.2) is 44.0 Å². The maximum absolute atomic E-state index is 9.58. The molecule has 1 unspecified atom stereocenters. The molecule has 0 amide bonds. The lowest BCUT2D eigenvalue weighted by Gasteiger charge is -2.32. The number of nitrogens with one attached hydrogen (secondary N) is 1. The molecule has 2 N–H and O–H groups in total. The van der Waals surface area contributed by atoms with Crippen molar-refractivity contribution in [3.8, 4) is 5.75 Å². The van der Waals surface area contributed by atoms with E-state index in [0.29, 0.717) is 6.04 Å². The Bertz CT molecular complexity index is 406. The van der Waals surface area contributed by atoms with E-state index in [-0.39, 0.29) is 12.1 Å². The maximum atomic E-state index is 9.58. The first-order valence-corrected chi connectivity index (χ1v) is 7.64. The van der Waals surface area contributed by atoms with E-state index in [1.54, 1.807) is 7.11 Å². The van der Waals surface area contributed by atoms with Crippen LogP contribution in [0.15, 0.2) is 24.3 Å². The quantitative estimate of drug-likeness (QED) is 0.735. The van der Waals surface area contributed by atoms with Crippen molar-refractivity contribution >= 4 is 5.69 Å².